The molecule has 1 saturated carbocycles. The molecule has 1 aromatic heterocycles. The molecule has 3 rings (SSSR count). The molecule has 4 heteroatoms. The lowest BCUT2D eigenvalue weighted by molar-refractivity contribution is 0.0951. The van der Waals surface area contributed by atoms with Crippen molar-refractivity contribution in [2.75, 3.05) is 7.11 Å². The van der Waals surface area contributed by atoms with Crippen molar-refractivity contribution < 1.29 is 9.53 Å². The highest BCUT2D eigenvalue weighted by molar-refractivity contribution is 5.94. The van der Waals surface area contributed by atoms with E-state index < -0.39 is 0 Å². The number of benzene rings is 1. The second-order valence-electron chi connectivity index (χ2n) is 5.28. The Morgan fingerprint density at radius 1 is 1.24 bits per heavy atom. The minimum Gasteiger partial charge on any atom is -0.497 e. The maximum atomic E-state index is 12.0. The third kappa shape index (κ3) is 3.40. The molecule has 1 aromatic carbocycles. The molecule has 1 fully saturated rings. The summed E-state index contributed by atoms with van der Waals surface area (Å²) in [6.07, 6.45) is 4.35. The highest BCUT2D eigenvalue weighted by atomic mass is 16.5. The third-order valence-electron chi connectivity index (χ3n) is 3.65. The van der Waals surface area contributed by atoms with Gasteiger partial charge in [-0.25, -0.2) is 0 Å². The molecule has 1 amide bonds. The van der Waals surface area contributed by atoms with Crippen molar-refractivity contribution in [3.05, 3.63) is 59.4 Å². The highest BCUT2D eigenvalue weighted by Gasteiger charge is 2.24. The molecular weight excluding hydrogens is 264 g/mol. The molecule has 0 atom stereocenters. The lowest BCUT2D eigenvalue weighted by Crippen LogP contribution is -2.22. The number of aromatic nitrogens is 1. The molecule has 0 radical (unpaired) electrons. The molecule has 1 aliphatic rings. The van der Waals surface area contributed by atoms with Crippen LogP contribution in [0.2, 0.25) is 0 Å². The highest BCUT2D eigenvalue weighted by Crippen LogP contribution is 2.38. The van der Waals surface area contributed by atoms with Gasteiger partial charge in [0, 0.05) is 29.9 Å². The number of nitrogens with zero attached hydrogens (tertiary/aromatic N) is 1. The summed E-state index contributed by atoms with van der Waals surface area (Å²) < 4.78 is 5.07. The van der Waals surface area contributed by atoms with E-state index in [4.69, 9.17) is 4.74 Å². The summed E-state index contributed by atoms with van der Waals surface area (Å²) in [5, 5.41) is 2.90. The van der Waals surface area contributed by atoms with Gasteiger partial charge in [0.15, 0.2) is 0 Å². The van der Waals surface area contributed by atoms with E-state index in [2.05, 4.69) is 16.4 Å². The second kappa shape index (κ2) is 5.95. The molecule has 0 bridgehead atoms. The first-order chi connectivity index (χ1) is 10.3. The molecule has 1 aliphatic carbocycles. The van der Waals surface area contributed by atoms with Crippen molar-refractivity contribution in [3.8, 4) is 5.75 Å². The van der Waals surface area contributed by atoms with Crippen molar-refractivity contribution in [1.29, 1.82) is 0 Å². The van der Waals surface area contributed by atoms with Gasteiger partial charge in [-0.1, -0.05) is 6.07 Å². The number of methoxy groups -OCH3 is 1. The monoisotopic (exact) mass is 282 g/mol. The number of carbonyl (C=O) groups excluding carboxylic acids is 1. The predicted octanol–water partition coefficient (Wildman–Crippen LogP) is 2.90. The van der Waals surface area contributed by atoms with Crippen molar-refractivity contribution >= 4 is 5.91 Å². The first kappa shape index (κ1) is 13.6. The van der Waals surface area contributed by atoms with E-state index in [1.54, 1.807) is 31.4 Å². The van der Waals surface area contributed by atoms with E-state index in [9.17, 15) is 4.79 Å². The van der Waals surface area contributed by atoms with E-state index in [0.717, 1.165) is 11.3 Å². The summed E-state index contributed by atoms with van der Waals surface area (Å²) >= 11 is 0. The minimum absolute atomic E-state index is 0.0936. The quantitative estimate of drug-likeness (QED) is 0.917. The molecule has 1 N–H and O–H groups in total. The summed E-state index contributed by atoms with van der Waals surface area (Å²) in [5.74, 6) is 1.31. The molecular formula is C17H18N2O2. The third-order valence-corrected chi connectivity index (χ3v) is 3.65. The largest absolute Gasteiger partial charge is 0.497 e. The number of ether oxygens (including phenoxy) is 1. The Balaban J connectivity index is 1.56. The van der Waals surface area contributed by atoms with Gasteiger partial charge in [0.1, 0.15) is 5.75 Å². The van der Waals surface area contributed by atoms with Crippen molar-refractivity contribution in [1.82, 2.24) is 10.3 Å². The first-order valence-electron chi connectivity index (χ1n) is 7.13. The van der Waals surface area contributed by atoms with Crippen LogP contribution in [0.1, 0.15) is 40.4 Å². The molecule has 0 spiro atoms. The Hall–Kier alpha value is -2.36. The van der Waals surface area contributed by atoms with Crippen LogP contribution in [0.15, 0.2) is 42.6 Å². The first-order valence-corrected chi connectivity index (χ1v) is 7.13. The Labute approximate surface area is 124 Å². The van der Waals surface area contributed by atoms with Crippen LogP contribution in [-0.2, 0) is 6.54 Å². The smallest absolute Gasteiger partial charge is 0.251 e. The Morgan fingerprint density at radius 2 is 2.00 bits per heavy atom. The number of pyridine rings is 1. The van der Waals surface area contributed by atoms with Gasteiger partial charge in [-0.15, -0.1) is 0 Å². The molecule has 4 nitrogen and oxygen atoms in total. The summed E-state index contributed by atoms with van der Waals surface area (Å²) in [4.78, 5) is 16.5. The number of amides is 1. The number of hydrogen-bond donors (Lipinski definition) is 1. The van der Waals surface area contributed by atoms with E-state index in [-0.39, 0.29) is 5.91 Å². The standard InChI is InChI=1S/C17H18N2O2/c1-21-15-7-5-14(6-8-15)17(20)19-11-12-2-9-16(18-10-12)13-3-4-13/h2,5-10,13H,3-4,11H2,1H3,(H,19,20). The fraction of sp³-hybridized carbons (Fsp3) is 0.294. The van der Waals surface area contributed by atoms with Crippen LogP contribution in [0.25, 0.3) is 0 Å². The van der Waals surface area contributed by atoms with Gasteiger partial charge in [0.25, 0.3) is 5.91 Å². The van der Waals surface area contributed by atoms with Gasteiger partial charge < -0.3 is 10.1 Å². The fourth-order valence-electron chi connectivity index (χ4n) is 2.19. The van der Waals surface area contributed by atoms with E-state index >= 15 is 0 Å². The van der Waals surface area contributed by atoms with Crippen LogP contribution < -0.4 is 10.1 Å². The zero-order chi connectivity index (χ0) is 14.7. The van der Waals surface area contributed by atoms with Gasteiger partial charge in [-0.2, -0.15) is 0 Å². The maximum absolute atomic E-state index is 12.0. The van der Waals surface area contributed by atoms with Crippen molar-refractivity contribution in [3.63, 3.8) is 0 Å². The van der Waals surface area contributed by atoms with Crippen LogP contribution in [0, 0.1) is 0 Å². The lowest BCUT2D eigenvalue weighted by atomic mass is 10.2. The van der Waals surface area contributed by atoms with Gasteiger partial charge in [-0.3, -0.25) is 9.78 Å². The zero-order valence-corrected chi connectivity index (χ0v) is 12.0. The number of hydrogen-bond acceptors (Lipinski definition) is 3. The summed E-state index contributed by atoms with van der Waals surface area (Å²) in [6, 6.07) is 11.2. The normalized spacial score (nSPS) is 13.8. The summed E-state index contributed by atoms with van der Waals surface area (Å²) in [7, 11) is 1.60. The van der Waals surface area contributed by atoms with Gasteiger partial charge >= 0.3 is 0 Å². The van der Waals surface area contributed by atoms with Crippen LogP contribution in [0.5, 0.6) is 5.75 Å². The summed E-state index contributed by atoms with van der Waals surface area (Å²) in [6.45, 7) is 0.489. The van der Waals surface area contributed by atoms with Crippen LogP contribution in [0.3, 0.4) is 0 Å². The Morgan fingerprint density at radius 3 is 2.57 bits per heavy atom. The topological polar surface area (TPSA) is 51.2 Å². The van der Waals surface area contributed by atoms with Crippen LogP contribution >= 0.6 is 0 Å². The predicted molar refractivity (Wildman–Crippen MR) is 80.4 cm³/mol. The lowest BCUT2D eigenvalue weighted by Gasteiger charge is -2.07. The molecule has 0 unspecified atom stereocenters. The van der Waals surface area contributed by atoms with Gasteiger partial charge in [0.2, 0.25) is 0 Å². The van der Waals surface area contributed by atoms with Gasteiger partial charge in [-0.05, 0) is 48.7 Å². The number of carbonyl (C=O) groups is 1. The van der Waals surface area contributed by atoms with Crippen molar-refractivity contribution in [2.24, 2.45) is 0 Å². The number of rotatable bonds is 5. The van der Waals surface area contributed by atoms with Crippen LogP contribution in [0.4, 0.5) is 0 Å². The number of nitrogens with one attached hydrogen (secondary N) is 1. The minimum atomic E-state index is -0.0936. The van der Waals surface area contributed by atoms with E-state index in [1.807, 2.05) is 12.3 Å². The molecule has 2 aromatic rings. The maximum Gasteiger partial charge on any atom is 0.251 e. The van der Waals surface area contributed by atoms with E-state index in [0.29, 0.717) is 18.0 Å². The fourth-order valence-corrected chi connectivity index (χ4v) is 2.19. The summed E-state index contributed by atoms with van der Waals surface area (Å²) in [5.41, 5.74) is 2.81. The average Bonchev–Trinajstić information content (AvgIpc) is 3.38. The molecule has 108 valence electrons. The van der Waals surface area contributed by atoms with Crippen LogP contribution in [-0.4, -0.2) is 18.0 Å². The molecule has 0 saturated heterocycles. The zero-order valence-electron chi connectivity index (χ0n) is 12.0. The Bertz CT molecular complexity index is 616. The average molecular weight is 282 g/mol. The second-order valence-corrected chi connectivity index (χ2v) is 5.28. The Kier molecular flexibility index (Phi) is 3.86. The molecule has 21 heavy (non-hydrogen) atoms. The van der Waals surface area contributed by atoms with Gasteiger partial charge in [0.05, 0.1) is 7.11 Å². The van der Waals surface area contributed by atoms with E-state index in [1.165, 1.54) is 18.5 Å². The SMILES string of the molecule is COc1ccc(C(=O)NCc2ccc(C3CC3)nc2)cc1. The van der Waals surface area contributed by atoms with Crippen molar-refractivity contribution in [2.45, 2.75) is 25.3 Å². The molecule has 0 aliphatic heterocycles. The molecule has 1 heterocycles.